The second kappa shape index (κ2) is 7.24. The van der Waals surface area contributed by atoms with Crippen molar-refractivity contribution in [3.8, 4) is 5.75 Å². The molecule has 0 radical (unpaired) electrons. The smallest absolute Gasteiger partial charge is 0.417 e. The molecular weight excluding hydrogens is 394 g/mol. The Morgan fingerprint density at radius 3 is 2.62 bits per heavy atom. The van der Waals surface area contributed by atoms with Crippen molar-refractivity contribution in [1.29, 1.82) is 0 Å². The minimum absolute atomic E-state index is 0.0204. The Kier molecular flexibility index (Phi) is 5.09. The molecule has 3 rings (SSSR count). The van der Waals surface area contributed by atoms with Crippen LogP contribution in [0, 0.1) is 5.82 Å². The summed E-state index contributed by atoms with van der Waals surface area (Å²) < 4.78 is 57.4. The lowest BCUT2D eigenvalue weighted by atomic mass is 10.0. The lowest BCUT2D eigenvalue weighted by Gasteiger charge is -2.28. The van der Waals surface area contributed by atoms with E-state index in [0.717, 1.165) is 17.1 Å². The molecule has 1 aromatic carbocycles. The number of hydrazine groups is 1. The summed E-state index contributed by atoms with van der Waals surface area (Å²) in [6.45, 7) is 1.46. The number of methoxy groups -OCH3 is 1. The van der Waals surface area contributed by atoms with Crippen LogP contribution in [0.3, 0.4) is 0 Å². The van der Waals surface area contributed by atoms with Gasteiger partial charge in [-0.25, -0.2) is 14.8 Å². The molecule has 7 nitrogen and oxygen atoms in total. The van der Waals surface area contributed by atoms with Crippen LogP contribution in [0.1, 0.15) is 12.5 Å². The van der Waals surface area contributed by atoms with Gasteiger partial charge in [-0.2, -0.15) is 13.2 Å². The summed E-state index contributed by atoms with van der Waals surface area (Å²) in [7, 11) is 1.36. The van der Waals surface area contributed by atoms with Crippen molar-refractivity contribution in [2.45, 2.75) is 18.6 Å². The SMILES string of the molecule is COc1cccc(F)c1N1NC(C)(C(=O)Nc2ccc(C(F)(F)F)cn2)C=C1N. The quantitative estimate of drug-likeness (QED) is 0.670. The topological polar surface area (TPSA) is 92.5 Å². The molecule has 1 aromatic heterocycles. The number of amides is 1. The monoisotopic (exact) mass is 411 g/mol. The van der Waals surface area contributed by atoms with E-state index < -0.39 is 29.0 Å². The minimum atomic E-state index is -4.54. The van der Waals surface area contributed by atoms with E-state index in [9.17, 15) is 22.4 Å². The predicted octanol–water partition coefficient (Wildman–Crippen LogP) is 2.77. The molecule has 1 atom stereocenters. The number of rotatable bonds is 4. The second-order valence-corrected chi connectivity index (χ2v) is 6.39. The molecule has 0 fully saturated rings. The van der Waals surface area contributed by atoms with Crippen molar-refractivity contribution >= 4 is 17.4 Å². The molecule has 1 aliphatic heterocycles. The van der Waals surface area contributed by atoms with Crippen molar-refractivity contribution < 1.29 is 27.1 Å². The number of nitrogens with two attached hydrogens (primary N) is 1. The number of pyridine rings is 1. The first-order chi connectivity index (χ1) is 13.5. The van der Waals surface area contributed by atoms with Gasteiger partial charge in [-0.05, 0) is 37.3 Å². The Bertz CT molecular complexity index is 962. The molecule has 154 valence electrons. The van der Waals surface area contributed by atoms with E-state index in [1.54, 1.807) is 0 Å². The van der Waals surface area contributed by atoms with Gasteiger partial charge in [0.1, 0.15) is 28.6 Å². The molecular formula is C18H17F4N5O2. The molecule has 0 bridgehead atoms. The summed E-state index contributed by atoms with van der Waals surface area (Å²) in [5, 5.41) is 3.57. The predicted molar refractivity (Wildman–Crippen MR) is 97.1 cm³/mol. The number of benzene rings is 1. The number of halogens is 4. The van der Waals surface area contributed by atoms with Gasteiger partial charge in [-0.15, -0.1) is 0 Å². The molecule has 0 saturated carbocycles. The number of hydrogen-bond acceptors (Lipinski definition) is 6. The number of alkyl halides is 3. The van der Waals surface area contributed by atoms with E-state index >= 15 is 0 Å². The van der Waals surface area contributed by atoms with Gasteiger partial charge in [0.05, 0.1) is 12.7 Å². The van der Waals surface area contributed by atoms with E-state index in [-0.39, 0.29) is 23.1 Å². The van der Waals surface area contributed by atoms with Crippen LogP contribution in [0.15, 0.2) is 48.4 Å². The largest absolute Gasteiger partial charge is 0.494 e. The number of nitrogens with zero attached hydrogens (tertiary/aromatic N) is 2. The summed E-state index contributed by atoms with van der Waals surface area (Å²) in [4.78, 5) is 16.3. The van der Waals surface area contributed by atoms with Crippen LogP contribution in [0.4, 0.5) is 29.1 Å². The van der Waals surface area contributed by atoms with Crippen LogP contribution < -0.4 is 26.2 Å². The molecule has 2 aromatic rings. The molecule has 29 heavy (non-hydrogen) atoms. The highest BCUT2D eigenvalue weighted by Crippen LogP contribution is 2.35. The molecule has 0 aliphatic carbocycles. The number of nitrogens with one attached hydrogen (secondary N) is 2. The van der Waals surface area contributed by atoms with Crippen LogP contribution in [-0.4, -0.2) is 23.5 Å². The van der Waals surface area contributed by atoms with E-state index in [1.807, 2.05) is 0 Å². The molecule has 1 aliphatic rings. The fraction of sp³-hybridized carbons (Fsp3) is 0.222. The average molecular weight is 411 g/mol. The van der Waals surface area contributed by atoms with Gasteiger partial charge in [-0.3, -0.25) is 9.80 Å². The molecule has 0 saturated heterocycles. The molecule has 0 spiro atoms. The third kappa shape index (κ3) is 3.94. The van der Waals surface area contributed by atoms with Crippen LogP contribution in [-0.2, 0) is 11.0 Å². The summed E-state index contributed by atoms with van der Waals surface area (Å²) in [5.41, 5.74) is 6.35. The summed E-state index contributed by atoms with van der Waals surface area (Å²) in [6, 6.07) is 6.01. The Balaban J connectivity index is 1.81. The van der Waals surface area contributed by atoms with Crippen molar-refractivity contribution in [2.24, 2.45) is 5.73 Å². The molecule has 4 N–H and O–H groups in total. The van der Waals surface area contributed by atoms with Gasteiger partial charge in [0.2, 0.25) is 0 Å². The number of aromatic nitrogens is 1. The Labute approximate surface area is 163 Å². The first-order valence-electron chi connectivity index (χ1n) is 8.28. The molecule has 1 amide bonds. The maximum atomic E-state index is 14.3. The number of para-hydroxylation sites is 1. The number of carbonyl (C=O) groups is 1. The van der Waals surface area contributed by atoms with Gasteiger partial charge in [0.15, 0.2) is 5.82 Å². The maximum Gasteiger partial charge on any atom is 0.417 e. The van der Waals surface area contributed by atoms with Crippen molar-refractivity contribution in [3.05, 3.63) is 59.8 Å². The Morgan fingerprint density at radius 2 is 2.03 bits per heavy atom. The third-order valence-corrected chi connectivity index (χ3v) is 4.24. The minimum Gasteiger partial charge on any atom is -0.494 e. The van der Waals surface area contributed by atoms with Gasteiger partial charge in [0, 0.05) is 6.20 Å². The second-order valence-electron chi connectivity index (χ2n) is 6.39. The molecule has 1 unspecified atom stereocenters. The first-order valence-corrected chi connectivity index (χ1v) is 8.28. The highest BCUT2D eigenvalue weighted by Gasteiger charge is 2.41. The van der Waals surface area contributed by atoms with E-state index in [0.29, 0.717) is 6.20 Å². The fourth-order valence-electron chi connectivity index (χ4n) is 2.75. The zero-order chi connectivity index (χ0) is 21.4. The van der Waals surface area contributed by atoms with Crippen LogP contribution in [0.5, 0.6) is 5.75 Å². The van der Waals surface area contributed by atoms with E-state index in [1.165, 1.54) is 38.3 Å². The lowest BCUT2D eigenvalue weighted by Crippen LogP contribution is -2.53. The van der Waals surface area contributed by atoms with Crippen molar-refractivity contribution in [2.75, 3.05) is 17.4 Å². The standard InChI is InChI=1S/C18H17F4N5O2/c1-17(16(28)25-14-7-6-10(9-24-14)18(20,21)22)8-13(23)27(26-17)15-11(19)4-3-5-12(15)29-2/h3-9,26H,23H2,1-2H3,(H,24,25,28). The van der Waals surface area contributed by atoms with Crippen LogP contribution in [0.25, 0.3) is 0 Å². The highest BCUT2D eigenvalue weighted by molar-refractivity contribution is 5.99. The van der Waals surface area contributed by atoms with Gasteiger partial charge in [0.25, 0.3) is 5.91 Å². The Morgan fingerprint density at radius 1 is 1.31 bits per heavy atom. The zero-order valence-electron chi connectivity index (χ0n) is 15.3. The number of hydrogen-bond donors (Lipinski definition) is 3. The zero-order valence-corrected chi connectivity index (χ0v) is 15.3. The molecule has 2 heterocycles. The number of anilines is 2. The van der Waals surface area contributed by atoms with Crippen LogP contribution in [0.2, 0.25) is 0 Å². The summed E-state index contributed by atoms with van der Waals surface area (Å²) in [5.74, 6) is -1.16. The van der Waals surface area contributed by atoms with Gasteiger partial charge < -0.3 is 15.8 Å². The number of carbonyl (C=O) groups excluding carboxylic acids is 1. The third-order valence-electron chi connectivity index (χ3n) is 4.24. The summed E-state index contributed by atoms with van der Waals surface area (Å²) in [6.07, 6.45) is -2.58. The average Bonchev–Trinajstić information content (AvgIpc) is 2.96. The van der Waals surface area contributed by atoms with Crippen LogP contribution >= 0.6 is 0 Å². The number of ether oxygens (including phenoxy) is 1. The summed E-state index contributed by atoms with van der Waals surface area (Å²) >= 11 is 0. The van der Waals surface area contributed by atoms with Gasteiger partial charge >= 0.3 is 6.18 Å². The Hall–Kier alpha value is -3.34. The van der Waals surface area contributed by atoms with Gasteiger partial charge in [-0.1, -0.05) is 6.07 Å². The molecule has 11 heteroatoms. The van der Waals surface area contributed by atoms with E-state index in [2.05, 4.69) is 15.7 Å². The normalized spacial score (nSPS) is 19.1. The maximum absolute atomic E-state index is 14.3. The van der Waals surface area contributed by atoms with Crippen molar-refractivity contribution in [1.82, 2.24) is 10.4 Å². The van der Waals surface area contributed by atoms with Crippen molar-refractivity contribution in [3.63, 3.8) is 0 Å². The van der Waals surface area contributed by atoms with E-state index in [4.69, 9.17) is 10.5 Å². The first kappa shape index (κ1) is 20.4. The highest BCUT2D eigenvalue weighted by atomic mass is 19.4. The fourth-order valence-corrected chi connectivity index (χ4v) is 2.75. The lowest BCUT2D eigenvalue weighted by molar-refractivity contribution is -0.137.